The number of likely N-dealkylation sites (tertiary alicyclic amines) is 1. The second-order valence-electron chi connectivity index (χ2n) is 7.96. The zero-order valence-electron chi connectivity index (χ0n) is 16.9. The maximum absolute atomic E-state index is 13.5. The molecule has 5 nitrogen and oxygen atoms in total. The van der Waals surface area contributed by atoms with Crippen molar-refractivity contribution in [1.82, 2.24) is 24.8 Å². The van der Waals surface area contributed by atoms with Crippen molar-refractivity contribution >= 4 is 5.52 Å². The van der Waals surface area contributed by atoms with E-state index in [1.807, 2.05) is 16.6 Å². The zero-order valence-corrected chi connectivity index (χ0v) is 16.9. The van der Waals surface area contributed by atoms with E-state index in [1.165, 1.54) is 24.1 Å². The zero-order chi connectivity index (χ0) is 20.5. The first kappa shape index (κ1) is 18.9. The molecule has 0 spiro atoms. The summed E-state index contributed by atoms with van der Waals surface area (Å²) in [6.45, 7) is 3.04. The van der Waals surface area contributed by atoms with Crippen molar-refractivity contribution in [2.75, 3.05) is 20.1 Å². The molecular formula is C24H24FN5. The number of hydrogen-bond acceptors (Lipinski definition) is 4. The second kappa shape index (κ2) is 7.97. The molecule has 0 unspecified atom stereocenters. The van der Waals surface area contributed by atoms with Crippen LogP contribution in [0.4, 0.5) is 4.39 Å². The van der Waals surface area contributed by atoms with Crippen LogP contribution in [0.5, 0.6) is 0 Å². The van der Waals surface area contributed by atoms with Gasteiger partial charge < -0.3 is 10.2 Å². The number of nitrogens with zero attached hydrogens (tertiary/aromatic N) is 4. The Morgan fingerprint density at radius 1 is 1.03 bits per heavy atom. The first-order valence-corrected chi connectivity index (χ1v) is 10.3. The Kier molecular flexibility index (Phi) is 5.02. The summed E-state index contributed by atoms with van der Waals surface area (Å²) in [4.78, 5) is 6.49. The van der Waals surface area contributed by atoms with Crippen LogP contribution in [-0.2, 0) is 6.54 Å². The van der Waals surface area contributed by atoms with E-state index in [9.17, 15) is 4.39 Å². The molecule has 4 heterocycles. The molecule has 1 saturated heterocycles. The Bertz CT molecular complexity index is 1150. The minimum atomic E-state index is -0.251. The lowest BCUT2D eigenvalue weighted by Crippen LogP contribution is -2.31. The van der Waals surface area contributed by atoms with Crippen LogP contribution < -0.4 is 5.32 Å². The number of rotatable bonds is 5. The lowest BCUT2D eigenvalue weighted by atomic mass is 10.0. The standard InChI is InChI=1S/C24H24FN5/c1-29-13-10-21(16-29)27-14-17-2-7-22-23(18-8-11-26-12-9-18)24(28-30(22)15-17)19-3-5-20(25)6-4-19/h2-9,11-12,15,21,27H,10,13-14,16H2,1H3/t21-/m1/s1. The fourth-order valence-corrected chi connectivity index (χ4v) is 4.17. The van der Waals surface area contributed by atoms with E-state index in [0.717, 1.165) is 47.5 Å². The molecule has 1 aromatic carbocycles. The minimum Gasteiger partial charge on any atom is -0.309 e. The quantitative estimate of drug-likeness (QED) is 0.549. The van der Waals surface area contributed by atoms with Crippen LogP contribution >= 0.6 is 0 Å². The largest absolute Gasteiger partial charge is 0.309 e. The van der Waals surface area contributed by atoms with Gasteiger partial charge in [0.1, 0.15) is 11.5 Å². The molecule has 5 rings (SSSR count). The van der Waals surface area contributed by atoms with Crippen LogP contribution in [0.15, 0.2) is 67.1 Å². The Labute approximate surface area is 175 Å². The van der Waals surface area contributed by atoms with Crippen LogP contribution in [0.1, 0.15) is 12.0 Å². The lowest BCUT2D eigenvalue weighted by Gasteiger charge is -2.12. The lowest BCUT2D eigenvalue weighted by molar-refractivity contribution is 0.397. The third-order valence-electron chi connectivity index (χ3n) is 5.76. The fourth-order valence-electron chi connectivity index (χ4n) is 4.17. The van der Waals surface area contributed by atoms with Gasteiger partial charge in [0.05, 0.1) is 5.52 Å². The minimum absolute atomic E-state index is 0.251. The Balaban J connectivity index is 1.53. The van der Waals surface area contributed by atoms with E-state index >= 15 is 0 Å². The highest BCUT2D eigenvalue weighted by Gasteiger charge is 2.19. The Morgan fingerprint density at radius 2 is 1.83 bits per heavy atom. The molecule has 1 atom stereocenters. The maximum atomic E-state index is 13.5. The summed E-state index contributed by atoms with van der Waals surface area (Å²) >= 11 is 0. The molecule has 0 radical (unpaired) electrons. The average molecular weight is 401 g/mol. The highest BCUT2D eigenvalue weighted by atomic mass is 19.1. The normalized spacial score (nSPS) is 17.1. The SMILES string of the molecule is CN1CC[C@@H](NCc2ccc3c(-c4ccncc4)c(-c4ccc(F)cc4)nn3c2)C1. The molecule has 1 N–H and O–H groups in total. The number of halogens is 1. The predicted octanol–water partition coefficient (Wildman–Crippen LogP) is 4.00. The fraction of sp³-hybridized carbons (Fsp3) is 0.250. The van der Waals surface area contributed by atoms with Gasteiger partial charge >= 0.3 is 0 Å². The van der Waals surface area contributed by atoms with Gasteiger partial charge in [-0.05, 0) is 73.6 Å². The Hall–Kier alpha value is -3.09. The topological polar surface area (TPSA) is 45.5 Å². The molecule has 1 aliphatic rings. The molecule has 0 bridgehead atoms. The van der Waals surface area contributed by atoms with Crippen molar-refractivity contribution in [2.24, 2.45) is 0 Å². The molecular weight excluding hydrogens is 377 g/mol. The summed E-state index contributed by atoms with van der Waals surface area (Å²) in [7, 11) is 2.16. The van der Waals surface area contributed by atoms with Crippen LogP contribution in [0.2, 0.25) is 0 Å². The van der Waals surface area contributed by atoms with Gasteiger partial charge in [-0.3, -0.25) is 4.98 Å². The molecule has 1 aliphatic heterocycles. The number of hydrogen-bond donors (Lipinski definition) is 1. The van der Waals surface area contributed by atoms with Crippen LogP contribution in [0, 0.1) is 5.82 Å². The van der Waals surface area contributed by atoms with Gasteiger partial charge in [0.25, 0.3) is 0 Å². The van der Waals surface area contributed by atoms with Crippen molar-refractivity contribution in [3.8, 4) is 22.4 Å². The molecule has 3 aromatic heterocycles. The number of pyridine rings is 2. The number of fused-ring (bicyclic) bond motifs is 1. The van der Waals surface area contributed by atoms with Crippen LogP contribution in [-0.4, -0.2) is 45.7 Å². The number of likely N-dealkylation sites (N-methyl/N-ethyl adjacent to an activating group) is 1. The third kappa shape index (κ3) is 3.72. The van der Waals surface area contributed by atoms with Gasteiger partial charge in [0, 0.05) is 48.8 Å². The first-order valence-electron chi connectivity index (χ1n) is 10.3. The smallest absolute Gasteiger partial charge is 0.123 e. The van der Waals surface area contributed by atoms with Crippen molar-refractivity contribution in [2.45, 2.75) is 19.0 Å². The van der Waals surface area contributed by atoms with Gasteiger partial charge in [0.15, 0.2) is 0 Å². The highest BCUT2D eigenvalue weighted by molar-refractivity contribution is 5.92. The van der Waals surface area contributed by atoms with Crippen LogP contribution in [0.3, 0.4) is 0 Å². The molecule has 1 fully saturated rings. The molecule has 0 saturated carbocycles. The van der Waals surface area contributed by atoms with Gasteiger partial charge in [0.2, 0.25) is 0 Å². The molecule has 0 aliphatic carbocycles. The summed E-state index contributed by atoms with van der Waals surface area (Å²) < 4.78 is 15.4. The summed E-state index contributed by atoms with van der Waals surface area (Å²) in [6, 6.07) is 15.3. The number of nitrogens with one attached hydrogen (secondary N) is 1. The van der Waals surface area contributed by atoms with E-state index < -0.39 is 0 Å². The predicted molar refractivity (Wildman–Crippen MR) is 117 cm³/mol. The molecule has 152 valence electrons. The van der Waals surface area contributed by atoms with Crippen molar-refractivity contribution in [1.29, 1.82) is 0 Å². The van der Waals surface area contributed by atoms with Crippen molar-refractivity contribution < 1.29 is 4.39 Å². The summed E-state index contributed by atoms with van der Waals surface area (Å²) in [5, 5.41) is 8.53. The summed E-state index contributed by atoms with van der Waals surface area (Å²) in [5.41, 5.74) is 6.00. The van der Waals surface area contributed by atoms with E-state index in [4.69, 9.17) is 5.10 Å². The molecule has 6 heteroatoms. The molecule has 30 heavy (non-hydrogen) atoms. The van der Waals surface area contributed by atoms with Crippen molar-refractivity contribution in [3.63, 3.8) is 0 Å². The van der Waals surface area contributed by atoms with E-state index in [-0.39, 0.29) is 5.82 Å². The first-order chi connectivity index (χ1) is 14.7. The van der Waals surface area contributed by atoms with Gasteiger partial charge in [-0.1, -0.05) is 6.07 Å². The van der Waals surface area contributed by atoms with Gasteiger partial charge in [-0.25, -0.2) is 8.91 Å². The third-order valence-corrected chi connectivity index (χ3v) is 5.76. The number of benzene rings is 1. The Morgan fingerprint density at radius 3 is 2.57 bits per heavy atom. The molecule has 4 aromatic rings. The van der Waals surface area contributed by atoms with E-state index in [1.54, 1.807) is 24.5 Å². The number of aromatic nitrogens is 3. The molecule has 0 amide bonds. The second-order valence-corrected chi connectivity index (χ2v) is 7.96. The highest BCUT2D eigenvalue weighted by Crippen LogP contribution is 2.35. The summed E-state index contributed by atoms with van der Waals surface area (Å²) in [6.07, 6.45) is 6.83. The van der Waals surface area contributed by atoms with Gasteiger partial charge in [-0.2, -0.15) is 5.10 Å². The van der Waals surface area contributed by atoms with Gasteiger partial charge in [-0.15, -0.1) is 0 Å². The van der Waals surface area contributed by atoms with Crippen molar-refractivity contribution in [3.05, 3.63) is 78.5 Å². The maximum Gasteiger partial charge on any atom is 0.123 e. The van der Waals surface area contributed by atoms with E-state index in [2.05, 4.69) is 40.6 Å². The monoisotopic (exact) mass is 401 g/mol. The van der Waals surface area contributed by atoms with E-state index in [0.29, 0.717) is 6.04 Å². The van der Waals surface area contributed by atoms with Crippen LogP contribution in [0.25, 0.3) is 27.9 Å². The summed E-state index contributed by atoms with van der Waals surface area (Å²) in [5.74, 6) is -0.251. The average Bonchev–Trinajstić information content (AvgIpc) is 3.36.